The fraction of sp³-hybridized carbons (Fsp3) is 0.429. The van der Waals surface area contributed by atoms with Crippen LogP contribution in [0.1, 0.15) is 37.6 Å². The van der Waals surface area contributed by atoms with Gasteiger partial charge in [-0.1, -0.05) is 13.8 Å². The number of amides is 2. The molecule has 0 fully saturated rings. The van der Waals surface area contributed by atoms with E-state index in [2.05, 4.69) is 10.6 Å². The molecule has 0 saturated heterocycles. The van der Waals surface area contributed by atoms with Gasteiger partial charge in [-0.25, -0.2) is 18.4 Å². The third-order valence-electron chi connectivity index (χ3n) is 2.74. The van der Waals surface area contributed by atoms with E-state index in [-0.39, 0.29) is 11.7 Å². The summed E-state index contributed by atoms with van der Waals surface area (Å²) in [6, 6.07) is 0.372. The smallest absolute Gasteiger partial charge is 0.337 e. The maximum Gasteiger partial charge on any atom is 0.337 e. The molecule has 0 saturated carbocycles. The lowest BCUT2D eigenvalue weighted by molar-refractivity contribution is 0.0697. The van der Waals surface area contributed by atoms with Crippen molar-refractivity contribution in [2.45, 2.75) is 33.2 Å². The van der Waals surface area contributed by atoms with E-state index in [1.54, 1.807) is 6.92 Å². The summed E-state index contributed by atoms with van der Waals surface area (Å²) in [5, 5.41) is 13.8. The number of carbonyl (C=O) groups excluding carboxylic acids is 1. The first-order valence-corrected chi connectivity index (χ1v) is 6.50. The molecule has 21 heavy (non-hydrogen) atoms. The summed E-state index contributed by atoms with van der Waals surface area (Å²) in [6.45, 7) is 5.78. The molecule has 0 bridgehead atoms. The van der Waals surface area contributed by atoms with Gasteiger partial charge in [0.05, 0.1) is 11.3 Å². The lowest BCUT2D eigenvalue weighted by Crippen LogP contribution is -2.37. The first-order chi connectivity index (χ1) is 9.70. The van der Waals surface area contributed by atoms with Gasteiger partial charge in [-0.3, -0.25) is 0 Å². The van der Waals surface area contributed by atoms with E-state index in [1.807, 2.05) is 13.8 Å². The Morgan fingerprint density at radius 1 is 1.19 bits per heavy atom. The van der Waals surface area contributed by atoms with Crippen molar-refractivity contribution in [1.82, 2.24) is 5.32 Å². The van der Waals surface area contributed by atoms with Crippen LogP contribution in [0.3, 0.4) is 0 Å². The lowest BCUT2D eigenvalue weighted by atomic mass is 10.1. The van der Waals surface area contributed by atoms with Gasteiger partial charge in [-0.05, 0) is 25.3 Å². The standard InChI is InChI=1S/C14H18F2N2O3/c1-7(2)4-8(3)17-14(21)18-12-6-11(16)10(15)5-9(12)13(19)20/h5-8H,4H2,1-3H3,(H,19,20)(H2,17,18,21). The van der Waals surface area contributed by atoms with Gasteiger partial charge in [0, 0.05) is 12.1 Å². The number of rotatable bonds is 5. The zero-order valence-electron chi connectivity index (χ0n) is 12.0. The van der Waals surface area contributed by atoms with E-state index in [4.69, 9.17) is 5.11 Å². The topological polar surface area (TPSA) is 78.4 Å². The number of aromatic carboxylic acids is 1. The Morgan fingerprint density at radius 3 is 2.29 bits per heavy atom. The number of hydrogen-bond donors (Lipinski definition) is 3. The molecule has 0 heterocycles. The third kappa shape index (κ3) is 5.02. The Kier molecular flexibility index (Phi) is 5.63. The predicted molar refractivity (Wildman–Crippen MR) is 74.4 cm³/mol. The fourth-order valence-corrected chi connectivity index (χ4v) is 1.98. The second kappa shape index (κ2) is 7.01. The number of anilines is 1. The molecule has 116 valence electrons. The van der Waals surface area contributed by atoms with Crippen LogP contribution in [0.15, 0.2) is 12.1 Å². The summed E-state index contributed by atoms with van der Waals surface area (Å²) < 4.78 is 26.2. The van der Waals surface area contributed by atoms with Gasteiger partial charge in [-0.2, -0.15) is 0 Å². The van der Waals surface area contributed by atoms with Crippen molar-refractivity contribution in [3.63, 3.8) is 0 Å². The number of halogens is 2. The highest BCUT2D eigenvalue weighted by Crippen LogP contribution is 2.20. The summed E-state index contributed by atoms with van der Waals surface area (Å²) in [7, 11) is 0. The summed E-state index contributed by atoms with van der Waals surface area (Å²) in [5.41, 5.74) is -0.809. The predicted octanol–water partition coefficient (Wildman–Crippen LogP) is 3.22. The fourth-order valence-electron chi connectivity index (χ4n) is 1.98. The summed E-state index contributed by atoms with van der Waals surface area (Å²) in [4.78, 5) is 22.7. The van der Waals surface area contributed by atoms with E-state index < -0.39 is 29.2 Å². The van der Waals surface area contributed by atoms with Gasteiger partial charge in [0.15, 0.2) is 11.6 Å². The molecular weight excluding hydrogens is 282 g/mol. The molecule has 2 amide bonds. The zero-order chi connectivity index (χ0) is 16.2. The first-order valence-electron chi connectivity index (χ1n) is 6.50. The molecule has 5 nitrogen and oxygen atoms in total. The number of carbonyl (C=O) groups is 2. The van der Waals surface area contributed by atoms with Gasteiger partial charge in [-0.15, -0.1) is 0 Å². The maximum atomic E-state index is 13.2. The highest BCUT2D eigenvalue weighted by Gasteiger charge is 2.18. The summed E-state index contributed by atoms with van der Waals surface area (Å²) in [5.74, 6) is -3.60. The molecule has 0 aliphatic rings. The Balaban J connectivity index is 2.85. The summed E-state index contributed by atoms with van der Waals surface area (Å²) in [6.07, 6.45) is 0.733. The zero-order valence-corrected chi connectivity index (χ0v) is 12.0. The van der Waals surface area contributed by atoms with Crippen molar-refractivity contribution in [3.8, 4) is 0 Å². The largest absolute Gasteiger partial charge is 0.478 e. The first kappa shape index (κ1) is 16.9. The van der Waals surface area contributed by atoms with Crippen molar-refractivity contribution < 1.29 is 23.5 Å². The minimum absolute atomic E-state index is 0.136. The van der Waals surface area contributed by atoms with E-state index >= 15 is 0 Å². The van der Waals surface area contributed by atoms with Crippen LogP contribution in [0.2, 0.25) is 0 Å². The highest BCUT2D eigenvalue weighted by molar-refractivity contribution is 6.00. The van der Waals surface area contributed by atoms with Crippen LogP contribution in [0, 0.1) is 17.6 Å². The number of urea groups is 1. The number of hydrogen-bond acceptors (Lipinski definition) is 2. The molecule has 0 aliphatic heterocycles. The van der Waals surface area contributed by atoms with Crippen LogP contribution in [-0.4, -0.2) is 23.1 Å². The molecule has 1 unspecified atom stereocenters. The second-order valence-corrected chi connectivity index (χ2v) is 5.25. The average molecular weight is 300 g/mol. The SMILES string of the molecule is CC(C)CC(C)NC(=O)Nc1cc(F)c(F)cc1C(=O)O. The van der Waals surface area contributed by atoms with Gasteiger partial charge in [0.25, 0.3) is 0 Å². The minimum atomic E-state index is -1.46. The van der Waals surface area contributed by atoms with Crippen LogP contribution in [0.4, 0.5) is 19.3 Å². The van der Waals surface area contributed by atoms with Gasteiger partial charge >= 0.3 is 12.0 Å². The molecule has 1 aromatic rings. The van der Waals surface area contributed by atoms with Gasteiger partial charge < -0.3 is 15.7 Å². The Morgan fingerprint density at radius 2 is 1.76 bits per heavy atom. The normalized spacial score (nSPS) is 12.1. The second-order valence-electron chi connectivity index (χ2n) is 5.25. The van der Waals surface area contributed by atoms with Crippen molar-refractivity contribution in [3.05, 3.63) is 29.3 Å². The molecule has 0 radical (unpaired) electrons. The average Bonchev–Trinajstić information content (AvgIpc) is 2.31. The quantitative estimate of drug-likeness (QED) is 0.781. The molecule has 3 N–H and O–H groups in total. The van der Waals surface area contributed by atoms with E-state index in [0.717, 1.165) is 6.42 Å². The Hall–Kier alpha value is -2.18. The highest BCUT2D eigenvalue weighted by atomic mass is 19.2. The molecule has 1 rings (SSSR count). The number of benzene rings is 1. The van der Waals surface area contributed by atoms with Crippen LogP contribution < -0.4 is 10.6 Å². The Bertz CT molecular complexity index is 547. The van der Waals surface area contributed by atoms with Crippen molar-refractivity contribution >= 4 is 17.7 Å². The molecule has 0 aliphatic carbocycles. The van der Waals surface area contributed by atoms with Crippen LogP contribution >= 0.6 is 0 Å². The lowest BCUT2D eigenvalue weighted by Gasteiger charge is -2.17. The molecule has 1 aromatic carbocycles. The van der Waals surface area contributed by atoms with Crippen molar-refractivity contribution in [2.75, 3.05) is 5.32 Å². The monoisotopic (exact) mass is 300 g/mol. The number of nitrogens with one attached hydrogen (secondary N) is 2. The molecular formula is C14H18F2N2O3. The number of carboxylic acid groups (broad SMARTS) is 1. The number of carboxylic acids is 1. The molecule has 1 atom stereocenters. The van der Waals surface area contributed by atoms with Crippen molar-refractivity contribution in [1.29, 1.82) is 0 Å². The molecule has 0 aromatic heterocycles. The van der Waals surface area contributed by atoms with Crippen LogP contribution in [-0.2, 0) is 0 Å². The van der Waals surface area contributed by atoms with Gasteiger partial charge in [0.2, 0.25) is 0 Å². The maximum absolute atomic E-state index is 13.2. The van der Waals surface area contributed by atoms with Crippen LogP contribution in [0.25, 0.3) is 0 Å². The third-order valence-corrected chi connectivity index (χ3v) is 2.74. The van der Waals surface area contributed by atoms with Gasteiger partial charge in [0.1, 0.15) is 0 Å². The van der Waals surface area contributed by atoms with E-state index in [1.165, 1.54) is 0 Å². The van der Waals surface area contributed by atoms with E-state index in [9.17, 15) is 18.4 Å². The Labute approximate surface area is 121 Å². The van der Waals surface area contributed by atoms with Crippen LogP contribution in [0.5, 0.6) is 0 Å². The van der Waals surface area contributed by atoms with Crippen molar-refractivity contribution in [2.24, 2.45) is 5.92 Å². The molecule has 7 heteroatoms. The minimum Gasteiger partial charge on any atom is -0.478 e. The summed E-state index contributed by atoms with van der Waals surface area (Å²) >= 11 is 0. The van der Waals surface area contributed by atoms with E-state index in [0.29, 0.717) is 18.1 Å². The molecule has 0 spiro atoms.